The summed E-state index contributed by atoms with van der Waals surface area (Å²) in [7, 11) is -0.589. The molecule has 0 saturated heterocycles. The van der Waals surface area contributed by atoms with Crippen LogP contribution in [-0.4, -0.2) is 5.91 Å². The number of carbonyl (C=O) groups excluding carboxylic acids is 1. The first kappa shape index (κ1) is 16.3. The minimum Gasteiger partial charge on any atom is -0.407 e. The summed E-state index contributed by atoms with van der Waals surface area (Å²) in [6, 6.07) is 10.7. The Bertz CT molecular complexity index is 790. The number of nitriles is 1. The lowest BCUT2D eigenvalue weighted by Crippen LogP contribution is -2.13. The number of halogens is 2. The zero-order valence-electron chi connectivity index (χ0n) is 10.8. The zero-order valence-corrected chi connectivity index (χ0v) is 13.2. The molecule has 0 unspecified atom stereocenters. The number of anilines is 1. The standard InChI is InChI=1S/C14H7Cl2N2O3P/c15-9-2-4-13(21-22-20)10(6-9)14(19)18-12-3-1-8(7-17)5-11(12)16/h1-6H,(H,18,19). The Kier molecular flexibility index (Phi) is 5.35. The van der Waals surface area contributed by atoms with Gasteiger partial charge in [-0.05, 0) is 36.4 Å². The lowest BCUT2D eigenvalue weighted by atomic mass is 10.1. The summed E-state index contributed by atoms with van der Waals surface area (Å²) in [4.78, 5) is 12.3. The molecule has 0 radical (unpaired) electrons. The quantitative estimate of drug-likeness (QED) is 0.808. The van der Waals surface area contributed by atoms with Gasteiger partial charge in [0, 0.05) is 5.02 Å². The highest BCUT2D eigenvalue weighted by Crippen LogP contribution is 2.28. The highest BCUT2D eigenvalue weighted by atomic mass is 35.5. The van der Waals surface area contributed by atoms with E-state index in [4.69, 9.17) is 33.0 Å². The van der Waals surface area contributed by atoms with Crippen molar-refractivity contribution in [2.45, 2.75) is 0 Å². The first-order valence-corrected chi connectivity index (χ1v) is 7.34. The summed E-state index contributed by atoms with van der Waals surface area (Å²) in [6.45, 7) is 0. The number of benzene rings is 2. The second kappa shape index (κ2) is 7.24. The van der Waals surface area contributed by atoms with E-state index < -0.39 is 14.6 Å². The number of carbonyl (C=O) groups is 1. The van der Waals surface area contributed by atoms with Gasteiger partial charge in [0.15, 0.2) is 0 Å². The predicted octanol–water partition coefficient (Wildman–Crippen LogP) is 4.70. The van der Waals surface area contributed by atoms with Gasteiger partial charge in [-0.25, -0.2) is 4.57 Å². The Hall–Kier alpha value is -2.12. The number of hydrogen-bond acceptors (Lipinski definition) is 4. The molecule has 0 aliphatic heterocycles. The third-order valence-corrected chi connectivity index (χ3v) is 3.49. The van der Waals surface area contributed by atoms with Crippen molar-refractivity contribution in [1.29, 1.82) is 5.26 Å². The Morgan fingerprint density at radius 1 is 1.23 bits per heavy atom. The van der Waals surface area contributed by atoms with Crippen molar-refractivity contribution in [1.82, 2.24) is 0 Å². The second-order valence-electron chi connectivity index (χ2n) is 4.07. The molecule has 2 rings (SSSR count). The lowest BCUT2D eigenvalue weighted by molar-refractivity contribution is 0.102. The maximum absolute atomic E-state index is 12.3. The number of nitrogens with one attached hydrogen (secondary N) is 1. The van der Waals surface area contributed by atoms with Crippen molar-refractivity contribution in [3.05, 3.63) is 57.6 Å². The molecule has 0 spiro atoms. The SMILES string of the molecule is N#Cc1ccc(NC(=O)c2cc(Cl)ccc2OP=O)c(Cl)c1. The molecule has 0 saturated carbocycles. The van der Waals surface area contributed by atoms with E-state index in [0.29, 0.717) is 16.3 Å². The lowest BCUT2D eigenvalue weighted by Gasteiger charge is -2.10. The van der Waals surface area contributed by atoms with Gasteiger partial charge in [0.05, 0.1) is 27.9 Å². The van der Waals surface area contributed by atoms with Crippen LogP contribution in [0.5, 0.6) is 5.75 Å². The summed E-state index contributed by atoms with van der Waals surface area (Å²) in [5.41, 5.74) is 0.812. The number of nitrogens with zero attached hydrogens (tertiary/aromatic N) is 1. The monoisotopic (exact) mass is 352 g/mol. The molecule has 5 nitrogen and oxygen atoms in total. The molecular weight excluding hydrogens is 346 g/mol. The largest absolute Gasteiger partial charge is 0.407 e. The van der Waals surface area contributed by atoms with Crippen LogP contribution in [0.4, 0.5) is 5.69 Å². The molecule has 0 atom stereocenters. The Morgan fingerprint density at radius 3 is 2.64 bits per heavy atom. The predicted molar refractivity (Wildman–Crippen MR) is 83.8 cm³/mol. The van der Waals surface area contributed by atoms with Crippen LogP contribution in [0.25, 0.3) is 0 Å². The fraction of sp³-hybridized carbons (Fsp3) is 0. The smallest absolute Gasteiger partial charge is 0.395 e. The average molecular weight is 353 g/mol. The summed E-state index contributed by atoms with van der Waals surface area (Å²) < 4.78 is 15.4. The molecule has 2 aromatic carbocycles. The molecular formula is C14H7Cl2N2O3P. The second-order valence-corrected chi connectivity index (χ2v) is 5.24. The van der Waals surface area contributed by atoms with Crippen LogP contribution in [0.1, 0.15) is 15.9 Å². The van der Waals surface area contributed by atoms with Crippen molar-refractivity contribution in [3.8, 4) is 11.8 Å². The van der Waals surface area contributed by atoms with Crippen LogP contribution in [0, 0.1) is 11.3 Å². The Labute approximate surface area is 137 Å². The Balaban J connectivity index is 2.31. The van der Waals surface area contributed by atoms with E-state index in [1.165, 1.54) is 36.4 Å². The molecule has 0 aliphatic carbocycles. The van der Waals surface area contributed by atoms with Crippen LogP contribution in [-0.2, 0) is 4.57 Å². The molecule has 0 aliphatic rings. The van der Waals surface area contributed by atoms with Gasteiger partial charge >= 0.3 is 8.69 Å². The molecule has 8 heteroatoms. The molecule has 0 bridgehead atoms. The molecule has 1 amide bonds. The van der Waals surface area contributed by atoms with Gasteiger partial charge in [-0.3, -0.25) is 4.79 Å². The van der Waals surface area contributed by atoms with Gasteiger partial charge in [0.25, 0.3) is 5.91 Å². The van der Waals surface area contributed by atoms with Crippen LogP contribution < -0.4 is 9.84 Å². The summed E-state index contributed by atoms with van der Waals surface area (Å²) in [6.07, 6.45) is 0. The van der Waals surface area contributed by atoms with E-state index in [1.807, 2.05) is 6.07 Å². The van der Waals surface area contributed by atoms with Gasteiger partial charge in [-0.2, -0.15) is 5.26 Å². The van der Waals surface area contributed by atoms with E-state index in [-0.39, 0.29) is 16.3 Å². The van der Waals surface area contributed by atoms with Gasteiger partial charge < -0.3 is 9.84 Å². The molecule has 22 heavy (non-hydrogen) atoms. The van der Waals surface area contributed by atoms with Crippen LogP contribution in [0.3, 0.4) is 0 Å². The molecule has 110 valence electrons. The van der Waals surface area contributed by atoms with Crippen molar-refractivity contribution in [2.75, 3.05) is 5.32 Å². The van der Waals surface area contributed by atoms with Crippen molar-refractivity contribution >= 4 is 43.5 Å². The average Bonchev–Trinajstić information content (AvgIpc) is 2.51. The summed E-state index contributed by atoms with van der Waals surface area (Å²) in [5.74, 6) is -0.420. The maximum Gasteiger partial charge on any atom is 0.395 e. The number of hydrogen-bond donors (Lipinski definition) is 1. The minimum absolute atomic E-state index is 0.108. The molecule has 0 fully saturated rings. The number of amides is 1. The maximum atomic E-state index is 12.3. The van der Waals surface area contributed by atoms with Gasteiger partial charge in [0.1, 0.15) is 5.75 Å². The Morgan fingerprint density at radius 2 is 2.00 bits per heavy atom. The molecule has 0 aromatic heterocycles. The van der Waals surface area contributed by atoms with E-state index in [0.717, 1.165) is 0 Å². The normalized spacial score (nSPS) is 10.0. The van der Waals surface area contributed by atoms with E-state index in [1.54, 1.807) is 0 Å². The van der Waals surface area contributed by atoms with E-state index >= 15 is 0 Å². The fourth-order valence-electron chi connectivity index (χ4n) is 1.68. The molecule has 0 heterocycles. The van der Waals surface area contributed by atoms with Gasteiger partial charge in [-0.1, -0.05) is 23.2 Å². The summed E-state index contributed by atoms with van der Waals surface area (Å²) >= 11 is 11.9. The van der Waals surface area contributed by atoms with Crippen molar-refractivity contribution in [3.63, 3.8) is 0 Å². The first-order valence-electron chi connectivity index (χ1n) is 5.85. The molecule has 1 N–H and O–H groups in total. The van der Waals surface area contributed by atoms with Crippen molar-refractivity contribution < 1.29 is 13.9 Å². The fourth-order valence-corrected chi connectivity index (χ4v) is 2.31. The zero-order chi connectivity index (χ0) is 16.1. The van der Waals surface area contributed by atoms with E-state index in [2.05, 4.69) is 5.32 Å². The highest BCUT2D eigenvalue weighted by Gasteiger charge is 2.15. The first-order chi connectivity index (χ1) is 10.5. The number of rotatable bonds is 4. The van der Waals surface area contributed by atoms with Crippen LogP contribution in [0.15, 0.2) is 36.4 Å². The van der Waals surface area contributed by atoms with Crippen LogP contribution >= 0.6 is 31.9 Å². The highest BCUT2D eigenvalue weighted by molar-refractivity contribution is 7.17. The topological polar surface area (TPSA) is 79.2 Å². The molecule has 2 aromatic rings. The summed E-state index contributed by atoms with van der Waals surface area (Å²) in [5, 5.41) is 11.9. The van der Waals surface area contributed by atoms with Crippen molar-refractivity contribution in [2.24, 2.45) is 0 Å². The van der Waals surface area contributed by atoms with Gasteiger partial charge in [0.2, 0.25) is 0 Å². The minimum atomic E-state index is -0.589. The van der Waals surface area contributed by atoms with E-state index in [9.17, 15) is 9.36 Å². The third kappa shape index (κ3) is 3.75. The van der Waals surface area contributed by atoms with Gasteiger partial charge in [-0.15, -0.1) is 0 Å². The van der Waals surface area contributed by atoms with Crippen LogP contribution in [0.2, 0.25) is 10.0 Å². The third-order valence-electron chi connectivity index (χ3n) is 2.67.